The van der Waals surface area contributed by atoms with Crippen molar-refractivity contribution < 1.29 is 19.0 Å². The quantitative estimate of drug-likeness (QED) is 0.369. The summed E-state index contributed by atoms with van der Waals surface area (Å²) in [5, 5.41) is 14.0. The molecule has 1 aromatic carbocycles. The first kappa shape index (κ1) is 13.5. The van der Waals surface area contributed by atoms with Crippen molar-refractivity contribution in [2.75, 3.05) is 0 Å². The van der Waals surface area contributed by atoms with Gasteiger partial charge in [-0.15, -0.1) is 0 Å². The second kappa shape index (κ2) is 5.79. The van der Waals surface area contributed by atoms with Gasteiger partial charge in [0.1, 0.15) is 17.7 Å². The van der Waals surface area contributed by atoms with E-state index in [1.165, 1.54) is 25.3 Å². The molecule has 0 unspecified atom stereocenters. The molecule has 0 fully saturated rings. The summed E-state index contributed by atoms with van der Waals surface area (Å²) in [6.07, 6.45) is 1.26. The maximum atomic E-state index is 10.5. The van der Waals surface area contributed by atoms with Gasteiger partial charge >= 0.3 is 5.97 Å². The van der Waals surface area contributed by atoms with Gasteiger partial charge in [-0.3, -0.25) is 10.1 Å². The lowest BCUT2D eigenvalue weighted by atomic mass is 10.1. The first-order valence-corrected chi connectivity index (χ1v) is 5.62. The highest BCUT2D eigenvalue weighted by atomic mass is 16.7. The third-order valence-electron chi connectivity index (χ3n) is 2.35. The van der Waals surface area contributed by atoms with Crippen LogP contribution in [0.3, 0.4) is 0 Å². The fourth-order valence-corrected chi connectivity index (χ4v) is 1.48. The Morgan fingerprint density at radius 2 is 2.00 bits per heavy atom. The van der Waals surface area contributed by atoms with Gasteiger partial charge in [0, 0.05) is 24.6 Å². The van der Waals surface area contributed by atoms with Crippen LogP contribution < -0.4 is 0 Å². The maximum Gasteiger partial charge on any atom is 0.331 e. The fourth-order valence-electron chi connectivity index (χ4n) is 1.48. The van der Waals surface area contributed by atoms with Gasteiger partial charge in [-0.1, -0.05) is 5.16 Å². The van der Waals surface area contributed by atoms with E-state index in [0.717, 1.165) is 0 Å². The zero-order chi connectivity index (χ0) is 14.5. The van der Waals surface area contributed by atoms with Gasteiger partial charge in [0.25, 0.3) is 5.69 Å². The number of oxime groups is 1. The Balaban J connectivity index is 2.14. The fraction of sp³-hybridized carbons (Fsp3) is 0.0769. The minimum absolute atomic E-state index is 0.0111. The SMILES string of the molecule is CC(=O)ON=Cc1ccc(-c2ccc([N+](=O)[O-])cc2)o1. The van der Waals surface area contributed by atoms with Crippen LogP contribution in [0.2, 0.25) is 0 Å². The summed E-state index contributed by atoms with van der Waals surface area (Å²) in [7, 11) is 0. The zero-order valence-corrected chi connectivity index (χ0v) is 10.5. The van der Waals surface area contributed by atoms with Crippen molar-refractivity contribution in [2.45, 2.75) is 6.92 Å². The molecule has 2 rings (SSSR count). The maximum absolute atomic E-state index is 10.5. The zero-order valence-electron chi connectivity index (χ0n) is 10.5. The van der Waals surface area contributed by atoms with Gasteiger partial charge in [-0.25, -0.2) is 4.79 Å². The summed E-state index contributed by atoms with van der Waals surface area (Å²) in [6.45, 7) is 1.24. The van der Waals surface area contributed by atoms with E-state index in [1.807, 2.05) is 0 Å². The summed E-state index contributed by atoms with van der Waals surface area (Å²) in [5.41, 5.74) is 0.708. The third-order valence-corrected chi connectivity index (χ3v) is 2.35. The normalized spacial score (nSPS) is 10.7. The Morgan fingerprint density at radius 3 is 2.60 bits per heavy atom. The van der Waals surface area contributed by atoms with E-state index in [-0.39, 0.29) is 5.69 Å². The topological polar surface area (TPSA) is 94.9 Å². The molecule has 0 radical (unpaired) electrons. The molecule has 0 aliphatic rings. The van der Waals surface area contributed by atoms with E-state index in [0.29, 0.717) is 17.1 Å². The third kappa shape index (κ3) is 3.29. The number of carbonyl (C=O) groups excluding carboxylic acids is 1. The lowest BCUT2D eigenvalue weighted by molar-refractivity contribution is -0.384. The highest BCUT2D eigenvalue weighted by Crippen LogP contribution is 2.23. The van der Waals surface area contributed by atoms with Crippen molar-refractivity contribution in [1.82, 2.24) is 0 Å². The summed E-state index contributed by atoms with van der Waals surface area (Å²) in [4.78, 5) is 25.0. The predicted octanol–water partition coefficient (Wildman–Crippen LogP) is 2.75. The second-order valence-corrected chi connectivity index (χ2v) is 3.82. The first-order chi connectivity index (χ1) is 9.56. The Morgan fingerprint density at radius 1 is 1.30 bits per heavy atom. The molecule has 2 aromatic rings. The lowest BCUT2D eigenvalue weighted by Gasteiger charge is -1.96. The largest absolute Gasteiger partial charge is 0.455 e. The van der Waals surface area contributed by atoms with Gasteiger partial charge < -0.3 is 9.25 Å². The molecule has 7 nitrogen and oxygen atoms in total. The predicted molar refractivity (Wildman–Crippen MR) is 70.2 cm³/mol. The average Bonchev–Trinajstić information content (AvgIpc) is 2.87. The molecule has 0 spiro atoms. The molecule has 0 saturated carbocycles. The van der Waals surface area contributed by atoms with Crippen molar-refractivity contribution in [3.05, 3.63) is 52.3 Å². The van der Waals surface area contributed by atoms with Crippen molar-refractivity contribution in [2.24, 2.45) is 5.16 Å². The van der Waals surface area contributed by atoms with E-state index < -0.39 is 10.9 Å². The molecule has 1 heterocycles. The molecule has 0 amide bonds. The van der Waals surface area contributed by atoms with Crippen LogP contribution in [-0.4, -0.2) is 17.1 Å². The van der Waals surface area contributed by atoms with E-state index in [9.17, 15) is 14.9 Å². The van der Waals surface area contributed by atoms with Crippen LogP contribution in [0.15, 0.2) is 46.0 Å². The first-order valence-electron chi connectivity index (χ1n) is 5.62. The van der Waals surface area contributed by atoms with E-state index in [2.05, 4.69) is 9.99 Å². The number of carbonyl (C=O) groups is 1. The Kier molecular flexibility index (Phi) is 3.90. The van der Waals surface area contributed by atoms with Gasteiger partial charge in [-0.2, -0.15) is 0 Å². The highest BCUT2D eigenvalue weighted by Gasteiger charge is 2.07. The molecular weight excluding hydrogens is 264 g/mol. The van der Waals surface area contributed by atoms with Gasteiger partial charge in [0.15, 0.2) is 0 Å². The summed E-state index contributed by atoms with van der Waals surface area (Å²) in [6, 6.07) is 9.29. The number of hydrogen-bond donors (Lipinski definition) is 0. The smallest absolute Gasteiger partial charge is 0.331 e. The molecule has 0 atom stereocenters. The lowest BCUT2D eigenvalue weighted by Crippen LogP contribution is -1.90. The molecular formula is C13H10N2O5. The second-order valence-electron chi connectivity index (χ2n) is 3.82. The van der Waals surface area contributed by atoms with Crippen LogP contribution in [0, 0.1) is 10.1 Å². The number of nitrogens with zero attached hydrogens (tertiary/aromatic N) is 2. The van der Waals surface area contributed by atoms with Crippen molar-refractivity contribution >= 4 is 17.9 Å². The Hall–Kier alpha value is -2.96. The molecule has 102 valence electrons. The number of nitro benzene ring substituents is 1. The van der Waals surface area contributed by atoms with E-state index in [1.54, 1.807) is 24.3 Å². The minimum atomic E-state index is -0.525. The molecule has 0 bridgehead atoms. The molecule has 1 aromatic heterocycles. The summed E-state index contributed by atoms with van der Waals surface area (Å²) in [5.74, 6) is 0.409. The van der Waals surface area contributed by atoms with Gasteiger partial charge in [0.05, 0.1) is 4.92 Å². The number of hydrogen-bond acceptors (Lipinski definition) is 6. The molecule has 0 aliphatic heterocycles. The summed E-state index contributed by atoms with van der Waals surface area (Å²) < 4.78 is 5.44. The standard InChI is InChI=1S/C13H10N2O5/c1-9(16)20-14-8-12-6-7-13(19-12)10-2-4-11(5-3-10)15(17)18/h2-8H,1H3. The molecule has 0 saturated heterocycles. The molecule has 0 aliphatic carbocycles. The van der Waals surface area contributed by atoms with Crippen molar-refractivity contribution in [3.8, 4) is 11.3 Å². The van der Waals surface area contributed by atoms with Crippen LogP contribution >= 0.6 is 0 Å². The van der Waals surface area contributed by atoms with Crippen molar-refractivity contribution in [3.63, 3.8) is 0 Å². The molecule has 20 heavy (non-hydrogen) atoms. The number of nitro groups is 1. The monoisotopic (exact) mass is 274 g/mol. The Bertz CT molecular complexity index is 658. The van der Waals surface area contributed by atoms with E-state index in [4.69, 9.17) is 4.42 Å². The number of benzene rings is 1. The number of non-ortho nitro benzene ring substituents is 1. The van der Waals surface area contributed by atoms with Crippen LogP contribution in [0.4, 0.5) is 5.69 Å². The van der Waals surface area contributed by atoms with Crippen LogP contribution in [0.1, 0.15) is 12.7 Å². The van der Waals surface area contributed by atoms with Crippen LogP contribution in [0.25, 0.3) is 11.3 Å². The highest BCUT2D eigenvalue weighted by molar-refractivity contribution is 5.78. The summed E-state index contributed by atoms with van der Waals surface area (Å²) >= 11 is 0. The Labute approximate surface area is 113 Å². The average molecular weight is 274 g/mol. The van der Waals surface area contributed by atoms with Gasteiger partial charge in [-0.05, 0) is 24.3 Å². The van der Waals surface area contributed by atoms with Gasteiger partial charge in [0.2, 0.25) is 0 Å². The minimum Gasteiger partial charge on any atom is -0.455 e. The molecule has 0 N–H and O–H groups in total. The van der Waals surface area contributed by atoms with Crippen LogP contribution in [0.5, 0.6) is 0 Å². The van der Waals surface area contributed by atoms with Crippen molar-refractivity contribution in [1.29, 1.82) is 0 Å². The number of furan rings is 1. The molecule has 7 heteroatoms. The number of rotatable bonds is 4. The van der Waals surface area contributed by atoms with Crippen LogP contribution in [-0.2, 0) is 9.63 Å². The van der Waals surface area contributed by atoms with E-state index >= 15 is 0 Å².